The first-order valence-electron chi connectivity index (χ1n) is 7.93. The summed E-state index contributed by atoms with van der Waals surface area (Å²) in [6.45, 7) is 6.52. The Hall–Kier alpha value is -2.47. The lowest BCUT2D eigenvalue weighted by atomic mass is 10.2. The van der Waals surface area contributed by atoms with Gasteiger partial charge in [0.05, 0.1) is 24.5 Å². The summed E-state index contributed by atoms with van der Waals surface area (Å²) >= 11 is 0. The van der Waals surface area contributed by atoms with Crippen molar-refractivity contribution >= 4 is 0 Å². The molecular formula is C17H20N6. The number of pyridine rings is 1. The number of imidazole rings is 1. The van der Waals surface area contributed by atoms with Crippen molar-refractivity contribution in [2.45, 2.75) is 33.1 Å². The molecule has 0 aliphatic carbocycles. The molecule has 4 heterocycles. The average molecular weight is 308 g/mol. The zero-order chi connectivity index (χ0) is 15.6. The lowest BCUT2D eigenvalue weighted by Crippen LogP contribution is -2.33. The van der Waals surface area contributed by atoms with E-state index in [0.29, 0.717) is 0 Å². The summed E-state index contributed by atoms with van der Waals surface area (Å²) in [5.74, 6) is 1.13. The Balaban J connectivity index is 1.45. The van der Waals surface area contributed by atoms with Gasteiger partial charge in [-0.1, -0.05) is 6.07 Å². The van der Waals surface area contributed by atoms with Gasteiger partial charge in [0.2, 0.25) is 0 Å². The zero-order valence-corrected chi connectivity index (χ0v) is 13.3. The first-order chi connectivity index (χ1) is 11.3. The molecule has 1 aliphatic rings. The maximum absolute atomic E-state index is 4.78. The molecule has 0 saturated carbocycles. The van der Waals surface area contributed by atoms with E-state index >= 15 is 0 Å². The van der Waals surface area contributed by atoms with E-state index in [-0.39, 0.29) is 0 Å². The highest BCUT2D eigenvalue weighted by atomic mass is 15.3. The minimum atomic E-state index is 0.729. The van der Waals surface area contributed by atoms with Gasteiger partial charge in [0.25, 0.3) is 0 Å². The second-order valence-electron chi connectivity index (χ2n) is 6.03. The smallest absolute Gasteiger partial charge is 0.123 e. The fraction of sp³-hybridized carbons (Fsp3) is 0.353. The summed E-state index contributed by atoms with van der Waals surface area (Å²) in [5, 5.41) is 4.25. The summed E-state index contributed by atoms with van der Waals surface area (Å²) in [6.07, 6.45) is 5.92. The summed E-state index contributed by atoms with van der Waals surface area (Å²) in [6, 6.07) is 8.14. The van der Waals surface area contributed by atoms with Crippen molar-refractivity contribution in [1.82, 2.24) is 29.2 Å². The normalized spacial score (nSPS) is 14.8. The lowest BCUT2D eigenvalue weighted by molar-refractivity contribution is 0.206. The molecule has 23 heavy (non-hydrogen) atoms. The Bertz CT molecular complexity index is 789. The first-order valence-corrected chi connectivity index (χ1v) is 7.93. The van der Waals surface area contributed by atoms with Crippen LogP contribution < -0.4 is 0 Å². The van der Waals surface area contributed by atoms with E-state index in [9.17, 15) is 0 Å². The van der Waals surface area contributed by atoms with Crippen LogP contribution >= 0.6 is 0 Å². The van der Waals surface area contributed by atoms with E-state index in [2.05, 4.69) is 37.9 Å². The number of aryl methyl sites for hydroxylation is 1. The van der Waals surface area contributed by atoms with Crippen molar-refractivity contribution in [3.8, 4) is 0 Å². The average Bonchev–Trinajstić information content (AvgIpc) is 3.16. The molecule has 0 atom stereocenters. The van der Waals surface area contributed by atoms with Crippen molar-refractivity contribution in [2.75, 3.05) is 6.54 Å². The van der Waals surface area contributed by atoms with E-state index in [1.165, 1.54) is 0 Å². The van der Waals surface area contributed by atoms with Gasteiger partial charge in [0.15, 0.2) is 0 Å². The highest BCUT2D eigenvalue weighted by molar-refractivity contribution is 5.11. The number of rotatable bonds is 4. The van der Waals surface area contributed by atoms with Gasteiger partial charge in [-0.15, -0.1) is 0 Å². The molecule has 0 radical (unpaired) electrons. The first kappa shape index (κ1) is 14.1. The van der Waals surface area contributed by atoms with Crippen molar-refractivity contribution in [3.63, 3.8) is 0 Å². The van der Waals surface area contributed by atoms with Crippen LogP contribution in [-0.2, 0) is 26.2 Å². The number of hydrogen-bond donors (Lipinski definition) is 0. The van der Waals surface area contributed by atoms with Crippen molar-refractivity contribution in [1.29, 1.82) is 0 Å². The predicted octanol–water partition coefficient (Wildman–Crippen LogP) is 1.85. The molecule has 0 N–H and O–H groups in total. The van der Waals surface area contributed by atoms with Crippen molar-refractivity contribution in [3.05, 3.63) is 65.8 Å². The molecule has 0 aromatic carbocycles. The van der Waals surface area contributed by atoms with Gasteiger partial charge in [-0.05, 0) is 25.1 Å². The number of aromatic nitrogens is 5. The van der Waals surface area contributed by atoms with Gasteiger partial charge in [0.1, 0.15) is 5.82 Å². The third kappa shape index (κ3) is 3.17. The molecule has 0 unspecified atom stereocenters. The van der Waals surface area contributed by atoms with Crippen LogP contribution in [0.15, 0.2) is 42.9 Å². The summed E-state index contributed by atoms with van der Waals surface area (Å²) in [4.78, 5) is 11.8. The zero-order valence-electron chi connectivity index (χ0n) is 13.3. The third-order valence-electron chi connectivity index (χ3n) is 4.15. The molecule has 118 valence electrons. The summed E-state index contributed by atoms with van der Waals surface area (Å²) in [5.41, 5.74) is 3.27. The number of hydrogen-bond acceptors (Lipinski definition) is 4. The monoisotopic (exact) mass is 308 g/mol. The molecule has 6 heteroatoms. The molecule has 0 bridgehead atoms. The van der Waals surface area contributed by atoms with Crippen LogP contribution in [0.5, 0.6) is 0 Å². The molecule has 1 aliphatic heterocycles. The van der Waals surface area contributed by atoms with Gasteiger partial charge in [-0.25, -0.2) is 4.98 Å². The van der Waals surface area contributed by atoms with Crippen LogP contribution in [0, 0.1) is 6.92 Å². The second kappa shape index (κ2) is 5.96. The fourth-order valence-corrected chi connectivity index (χ4v) is 3.05. The molecule has 3 aromatic heterocycles. The van der Waals surface area contributed by atoms with E-state index in [4.69, 9.17) is 4.98 Å². The van der Waals surface area contributed by atoms with Gasteiger partial charge >= 0.3 is 0 Å². The van der Waals surface area contributed by atoms with Crippen LogP contribution in [0.4, 0.5) is 0 Å². The molecule has 0 saturated heterocycles. The Morgan fingerprint density at radius 1 is 1.04 bits per heavy atom. The Kier molecular flexibility index (Phi) is 3.67. The molecule has 4 rings (SSSR count). The van der Waals surface area contributed by atoms with E-state index in [0.717, 1.165) is 55.6 Å². The van der Waals surface area contributed by atoms with Crippen LogP contribution in [-0.4, -0.2) is 35.8 Å². The highest BCUT2D eigenvalue weighted by Gasteiger charge is 2.19. The topological polar surface area (TPSA) is 51.8 Å². The molecule has 0 amide bonds. The van der Waals surface area contributed by atoms with Gasteiger partial charge in [-0.2, -0.15) is 5.10 Å². The second-order valence-corrected chi connectivity index (χ2v) is 6.03. The Morgan fingerprint density at radius 2 is 2.00 bits per heavy atom. The molecule has 0 spiro atoms. The quantitative estimate of drug-likeness (QED) is 0.738. The maximum Gasteiger partial charge on any atom is 0.123 e. The van der Waals surface area contributed by atoms with Crippen LogP contribution in [0.1, 0.15) is 22.9 Å². The largest absolute Gasteiger partial charge is 0.332 e. The van der Waals surface area contributed by atoms with Crippen molar-refractivity contribution in [2.24, 2.45) is 0 Å². The van der Waals surface area contributed by atoms with Crippen LogP contribution in [0.25, 0.3) is 0 Å². The fourth-order valence-electron chi connectivity index (χ4n) is 3.05. The molecular weight excluding hydrogens is 288 g/mol. The minimum absolute atomic E-state index is 0.729. The number of fused-ring (bicyclic) bond motifs is 1. The maximum atomic E-state index is 4.78. The third-order valence-corrected chi connectivity index (χ3v) is 4.15. The van der Waals surface area contributed by atoms with Gasteiger partial charge < -0.3 is 4.57 Å². The van der Waals surface area contributed by atoms with E-state index in [1.54, 1.807) is 6.20 Å². The summed E-state index contributed by atoms with van der Waals surface area (Å²) < 4.78 is 4.17. The molecule has 0 fully saturated rings. The predicted molar refractivity (Wildman–Crippen MR) is 86.6 cm³/mol. The Morgan fingerprint density at radius 3 is 2.83 bits per heavy atom. The van der Waals surface area contributed by atoms with Crippen LogP contribution in [0.2, 0.25) is 0 Å². The minimum Gasteiger partial charge on any atom is -0.332 e. The Labute approximate surface area is 135 Å². The molecule has 6 nitrogen and oxygen atoms in total. The van der Waals surface area contributed by atoms with Crippen molar-refractivity contribution < 1.29 is 0 Å². The summed E-state index contributed by atoms with van der Waals surface area (Å²) in [7, 11) is 0. The standard InChI is InChI=1S/C17H20N6/c1-14-4-2-5-15(19-14)10-21-8-9-22-11-16(20-17(22)13-21)12-23-7-3-6-18-23/h2-7,11H,8-10,12-13H2,1H3. The lowest BCUT2D eigenvalue weighted by Gasteiger charge is -2.27. The van der Waals surface area contributed by atoms with Gasteiger partial charge in [0, 0.05) is 43.9 Å². The van der Waals surface area contributed by atoms with E-state index in [1.807, 2.05) is 29.9 Å². The van der Waals surface area contributed by atoms with E-state index < -0.39 is 0 Å². The molecule has 3 aromatic rings. The number of nitrogens with zero attached hydrogens (tertiary/aromatic N) is 6. The van der Waals surface area contributed by atoms with Gasteiger partial charge in [-0.3, -0.25) is 14.6 Å². The van der Waals surface area contributed by atoms with Crippen LogP contribution in [0.3, 0.4) is 0 Å². The highest BCUT2D eigenvalue weighted by Crippen LogP contribution is 2.15. The SMILES string of the molecule is Cc1cccc(CN2CCn3cc(Cn4cccn4)nc3C2)n1.